The molecule has 0 spiro atoms. The van der Waals surface area contributed by atoms with E-state index in [1.54, 1.807) is 13.0 Å². The van der Waals surface area contributed by atoms with Gasteiger partial charge >= 0.3 is 0 Å². The molecule has 1 atom stereocenters. The van der Waals surface area contributed by atoms with E-state index < -0.39 is 27.7 Å². The van der Waals surface area contributed by atoms with E-state index in [9.17, 15) is 22.0 Å². The smallest absolute Gasteiger partial charge is 0.241 e. The minimum absolute atomic E-state index is 0.0526. The molecule has 3 rings (SSSR count). The molecule has 0 aliphatic carbocycles. The van der Waals surface area contributed by atoms with E-state index in [0.29, 0.717) is 24.1 Å². The Morgan fingerprint density at radius 2 is 1.84 bits per heavy atom. The molecule has 25 heavy (non-hydrogen) atoms. The number of rotatable bonds is 4. The van der Waals surface area contributed by atoms with Crippen LogP contribution in [0.2, 0.25) is 0 Å². The number of halogens is 2. The first-order chi connectivity index (χ1) is 11.8. The highest BCUT2D eigenvalue weighted by molar-refractivity contribution is 7.89. The Bertz CT molecular complexity index is 945. The number of benzene rings is 2. The molecule has 1 amide bonds. The molecular weight excluding hydrogens is 350 g/mol. The lowest BCUT2D eigenvalue weighted by molar-refractivity contribution is -0.116. The second-order valence-corrected chi connectivity index (χ2v) is 7.60. The van der Waals surface area contributed by atoms with Gasteiger partial charge in [-0.2, -0.15) is 0 Å². The Kier molecular flexibility index (Phi) is 4.57. The molecule has 1 unspecified atom stereocenters. The van der Waals surface area contributed by atoms with E-state index in [0.717, 1.165) is 17.7 Å². The highest BCUT2D eigenvalue weighted by Gasteiger charge is 2.22. The molecule has 0 radical (unpaired) electrons. The lowest BCUT2D eigenvalue weighted by Gasteiger charge is -2.19. The van der Waals surface area contributed by atoms with Crippen LogP contribution in [0.15, 0.2) is 41.3 Å². The summed E-state index contributed by atoms with van der Waals surface area (Å²) in [5.41, 5.74) is 1.65. The van der Waals surface area contributed by atoms with Crippen molar-refractivity contribution in [1.82, 2.24) is 4.72 Å². The fourth-order valence-corrected chi connectivity index (χ4v) is 3.96. The van der Waals surface area contributed by atoms with Crippen LogP contribution in [-0.2, 0) is 21.2 Å². The number of nitrogens with one attached hydrogen (secondary N) is 2. The van der Waals surface area contributed by atoms with Crippen LogP contribution in [-0.4, -0.2) is 14.3 Å². The van der Waals surface area contributed by atoms with Gasteiger partial charge in [-0.25, -0.2) is 21.9 Å². The van der Waals surface area contributed by atoms with Crippen molar-refractivity contribution in [2.75, 3.05) is 5.32 Å². The summed E-state index contributed by atoms with van der Waals surface area (Å²) in [4.78, 5) is 11.4. The number of carbonyl (C=O) groups excluding carboxylic acids is 1. The average Bonchev–Trinajstić information content (AvgIpc) is 2.56. The minimum Gasteiger partial charge on any atom is -0.326 e. The number of fused-ring (bicyclic) bond motifs is 1. The molecule has 0 bridgehead atoms. The maximum atomic E-state index is 13.3. The van der Waals surface area contributed by atoms with Gasteiger partial charge < -0.3 is 5.32 Å². The van der Waals surface area contributed by atoms with Gasteiger partial charge in [0.15, 0.2) is 11.6 Å². The van der Waals surface area contributed by atoms with Gasteiger partial charge in [0.2, 0.25) is 15.9 Å². The molecule has 8 heteroatoms. The van der Waals surface area contributed by atoms with Crippen molar-refractivity contribution in [3.63, 3.8) is 0 Å². The quantitative estimate of drug-likeness (QED) is 0.874. The summed E-state index contributed by atoms with van der Waals surface area (Å²) >= 11 is 0. The maximum absolute atomic E-state index is 13.3. The monoisotopic (exact) mass is 366 g/mol. The number of anilines is 1. The van der Waals surface area contributed by atoms with Gasteiger partial charge in [-0.3, -0.25) is 4.79 Å². The summed E-state index contributed by atoms with van der Waals surface area (Å²) in [6.45, 7) is 1.54. The first-order valence-corrected chi connectivity index (χ1v) is 9.14. The zero-order valence-corrected chi connectivity index (χ0v) is 14.2. The van der Waals surface area contributed by atoms with Crippen molar-refractivity contribution in [2.24, 2.45) is 0 Å². The van der Waals surface area contributed by atoms with Gasteiger partial charge in [0, 0.05) is 18.2 Å². The number of amides is 1. The second-order valence-electron chi connectivity index (χ2n) is 5.88. The molecule has 1 heterocycles. The first kappa shape index (κ1) is 17.5. The first-order valence-electron chi connectivity index (χ1n) is 7.66. The molecule has 2 aromatic carbocycles. The average molecular weight is 366 g/mol. The molecule has 2 aromatic rings. The molecule has 0 aromatic heterocycles. The van der Waals surface area contributed by atoms with Crippen LogP contribution in [0.1, 0.15) is 30.5 Å². The van der Waals surface area contributed by atoms with Crippen LogP contribution >= 0.6 is 0 Å². The highest BCUT2D eigenvalue weighted by Crippen LogP contribution is 2.26. The molecule has 0 fully saturated rings. The molecule has 0 saturated carbocycles. The van der Waals surface area contributed by atoms with E-state index in [1.165, 1.54) is 18.2 Å². The third-order valence-electron chi connectivity index (χ3n) is 4.06. The minimum atomic E-state index is -3.86. The SMILES string of the molecule is CC(NS(=O)(=O)c1ccc2c(c1)CCC(=O)N2)c1ccc(F)c(F)c1. The number of sulfonamides is 1. The Morgan fingerprint density at radius 1 is 1.08 bits per heavy atom. The zero-order chi connectivity index (χ0) is 18.2. The molecule has 1 aliphatic rings. The fourth-order valence-electron chi connectivity index (χ4n) is 2.68. The number of hydrogen-bond donors (Lipinski definition) is 2. The Morgan fingerprint density at radius 3 is 2.56 bits per heavy atom. The maximum Gasteiger partial charge on any atom is 0.241 e. The molecule has 1 aliphatic heterocycles. The van der Waals surface area contributed by atoms with Crippen molar-refractivity contribution in [2.45, 2.75) is 30.7 Å². The van der Waals surface area contributed by atoms with Gasteiger partial charge in [0.25, 0.3) is 0 Å². The van der Waals surface area contributed by atoms with Crippen LogP contribution in [0.5, 0.6) is 0 Å². The van der Waals surface area contributed by atoms with Crippen LogP contribution in [0.25, 0.3) is 0 Å². The van der Waals surface area contributed by atoms with Gasteiger partial charge in [0.05, 0.1) is 4.90 Å². The largest absolute Gasteiger partial charge is 0.326 e. The van der Waals surface area contributed by atoms with Crippen LogP contribution in [0.4, 0.5) is 14.5 Å². The summed E-state index contributed by atoms with van der Waals surface area (Å²) in [6, 6.07) is 6.95. The van der Waals surface area contributed by atoms with Crippen LogP contribution in [0.3, 0.4) is 0 Å². The highest BCUT2D eigenvalue weighted by atomic mass is 32.2. The third-order valence-corrected chi connectivity index (χ3v) is 5.60. The van der Waals surface area contributed by atoms with Gasteiger partial charge in [-0.1, -0.05) is 6.07 Å². The predicted octanol–water partition coefficient (Wildman–Crippen LogP) is 2.89. The number of aryl methyl sites for hydroxylation is 1. The predicted molar refractivity (Wildman–Crippen MR) is 88.5 cm³/mol. The third kappa shape index (κ3) is 3.69. The van der Waals surface area contributed by atoms with Gasteiger partial charge in [-0.15, -0.1) is 0 Å². The molecule has 0 saturated heterocycles. The van der Waals surface area contributed by atoms with Crippen molar-refractivity contribution in [3.05, 3.63) is 59.2 Å². The van der Waals surface area contributed by atoms with Crippen LogP contribution < -0.4 is 10.0 Å². The summed E-state index contributed by atoms with van der Waals surface area (Å²) in [5.74, 6) is -2.13. The summed E-state index contributed by atoms with van der Waals surface area (Å²) in [7, 11) is -3.86. The topological polar surface area (TPSA) is 75.3 Å². The van der Waals surface area contributed by atoms with E-state index in [2.05, 4.69) is 10.0 Å². The van der Waals surface area contributed by atoms with Gasteiger partial charge in [-0.05, 0) is 54.8 Å². The van der Waals surface area contributed by atoms with Crippen molar-refractivity contribution < 1.29 is 22.0 Å². The molecule has 132 valence electrons. The van der Waals surface area contributed by atoms with Crippen LogP contribution in [0, 0.1) is 11.6 Å². The Labute approximate surface area is 144 Å². The van der Waals surface area contributed by atoms with E-state index >= 15 is 0 Å². The molecule has 5 nitrogen and oxygen atoms in total. The second kappa shape index (κ2) is 6.53. The number of hydrogen-bond acceptors (Lipinski definition) is 3. The van der Waals surface area contributed by atoms with Crippen molar-refractivity contribution in [1.29, 1.82) is 0 Å². The Hall–Kier alpha value is -2.32. The van der Waals surface area contributed by atoms with Crippen molar-refractivity contribution in [3.8, 4) is 0 Å². The van der Waals surface area contributed by atoms with Gasteiger partial charge in [0.1, 0.15) is 0 Å². The van der Waals surface area contributed by atoms with E-state index in [4.69, 9.17) is 0 Å². The standard InChI is InChI=1S/C17H16F2N2O3S/c1-10(11-2-5-14(18)15(19)9-11)21-25(23,24)13-4-6-16-12(8-13)3-7-17(22)20-16/h2,4-6,8-10,21H,3,7H2,1H3,(H,20,22). The van der Waals surface area contributed by atoms with E-state index in [-0.39, 0.29) is 10.8 Å². The van der Waals surface area contributed by atoms with E-state index in [1.807, 2.05) is 0 Å². The molecular formula is C17H16F2N2O3S. The number of carbonyl (C=O) groups is 1. The summed E-state index contributed by atoms with van der Waals surface area (Å²) in [6.07, 6.45) is 0.762. The zero-order valence-electron chi connectivity index (χ0n) is 13.3. The summed E-state index contributed by atoms with van der Waals surface area (Å²) in [5, 5.41) is 2.69. The lowest BCUT2D eigenvalue weighted by Crippen LogP contribution is -2.27. The fraction of sp³-hybridized carbons (Fsp3) is 0.235. The molecule has 2 N–H and O–H groups in total. The lowest BCUT2D eigenvalue weighted by atomic mass is 10.0. The Balaban J connectivity index is 1.84. The normalized spacial score (nSPS) is 15.4. The summed E-state index contributed by atoms with van der Waals surface area (Å²) < 4.78 is 53.9. The van der Waals surface area contributed by atoms with Crippen molar-refractivity contribution >= 4 is 21.6 Å².